The molecule has 5 nitrogen and oxygen atoms in total. The Kier molecular flexibility index (Phi) is 4.97. The average molecular weight is 439 g/mol. The Bertz CT molecular complexity index is 1030. The van der Waals surface area contributed by atoms with Crippen LogP contribution in [-0.2, 0) is 9.59 Å². The fourth-order valence-corrected chi connectivity index (χ4v) is 6.08. The molecule has 0 aliphatic carbocycles. The van der Waals surface area contributed by atoms with E-state index < -0.39 is 5.54 Å². The number of rotatable bonds is 4. The minimum Gasteiger partial charge on any atom is -0.493 e. The van der Waals surface area contributed by atoms with Crippen LogP contribution in [0.3, 0.4) is 0 Å². The summed E-state index contributed by atoms with van der Waals surface area (Å²) < 4.78 is 6.14. The maximum absolute atomic E-state index is 14.0. The molecule has 2 aromatic carbocycles. The van der Waals surface area contributed by atoms with E-state index in [1.54, 1.807) is 11.0 Å². The monoisotopic (exact) mass is 438 g/mol. The van der Waals surface area contributed by atoms with Crippen molar-refractivity contribution < 1.29 is 14.3 Å². The van der Waals surface area contributed by atoms with Gasteiger partial charge in [0.05, 0.1) is 19.2 Å². The largest absolute Gasteiger partial charge is 0.493 e. The van der Waals surface area contributed by atoms with Crippen LogP contribution in [0.25, 0.3) is 0 Å². The molecule has 6 heteroatoms. The summed E-state index contributed by atoms with van der Waals surface area (Å²) in [6.07, 6.45) is 1.87. The molecule has 0 spiro atoms. The molecule has 3 aliphatic heterocycles. The Morgan fingerprint density at radius 2 is 1.94 bits per heavy atom. The molecule has 162 valence electrons. The molecular formula is C25H27ClN2O3. The number of amides is 2. The lowest BCUT2D eigenvalue weighted by atomic mass is 9.73. The van der Waals surface area contributed by atoms with Crippen molar-refractivity contribution in [3.8, 4) is 5.75 Å². The van der Waals surface area contributed by atoms with Crippen molar-refractivity contribution in [2.45, 2.75) is 44.2 Å². The summed E-state index contributed by atoms with van der Waals surface area (Å²) in [7, 11) is 0. The molecule has 0 saturated carbocycles. The Hall–Kier alpha value is -2.53. The number of carbonyl (C=O) groups is 2. The maximum Gasteiger partial charge on any atom is 0.249 e. The first-order valence-electron chi connectivity index (χ1n) is 11.1. The van der Waals surface area contributed by atoms with Gasteiger partial charge >= 0.3 is 0 Å². The van der Waals surface area contributed by atoms with Gasteiger partial charge in [-0.2, -0.15) is 0 Å². The maximum atomic E-state index is 14.0. The molecule has 0 N–H and O–H groups in total. The van der Waals surface area contributed by atoms with E-state index in [-0.39, 0.29) is 36.2 Å². The molecule has 2 amide bonds. The van der Waals surface area contributed by atoms with E-state index in [0.717, 1.165) is 29.7 Å². The van der Waals surface area contributed by atoms with Crippen LogP contribution in [0.15, 0.2) is 48.5 Å². The minimum absolute atomic E-state index is 0.000500. The molecule has 0 aromatic heterocycles. The Morgan fingerprint density at radius 1 is 1.16 bits per heavy atom. The van der Waals surface area contributed by atoms with Gasteiger partial charge in [-0.05, 0) is 37.1 Å². The molecule has 0 bridgehead atoms. The molecule has 4 atom stereocenters. The summed E-state index contributed by atoms with van der Waals surface area (Å²) in [6, 6.07) is 15.4. The van der Waals surface area contributed by atoms with Gasteiger partial charge in [0.2, 0.25) is 11.8 Å². The summed E-state index contributed by atoms with van der Waals surface area (Å²) in [5.41, 5.74) is 0.999. The lowest BCUT2D eigenvalue weighted by Crippen LogP contribution is -2.66. The van der Waals surface area contributed by atoms with Crippen molar-refractivity contribution in [3.63, 3.8) is 0 Å². The van der Waals surface area contributed by atoms with Crippen molar-refractivity contribution in [2.75, 3.05) is 19.7 Å². The number of hydrogen-bond donors (Lipinski definition) is 0. The summed E-state index contributed by atoms with van der Waals surface area (Å²) in [6.45, 7) is 5.25. The van der Waals surface area contributed by atoms with E-state index in [0.29, 0.717) is 18.2 Å². The van der Waals surface area contributed by atoms with Crippen molar-refractivity contribution in [2.24, 2.45) is 5.92 Å². The van der Waals surface area contributed by atoms with E-state index in [1.807, 2.05) is 42.2 Å². The number of unbranched alkanes of at least 4 members (excludes halogenated alkanes) is 1. The summed E-state index contributed by atoms with van der Waals surface area (Å²) in [4.78, 5) is 31.2. The predicted octanol–water partition coefficient (Wildman–Crippen LogP) is 4.42. The Labute approximate surface area is 187 Å². The highest BCUT2D eigenvalue weighted by Gasteiger charge is 2.66. The highest BCUT2D eigenvalue weighted by Crippen LogP contribution is 2.59. The van der Waals surface area contributed by atoms with E-state index in [4.69, 9.17) is 16.3 Å². The van der Waals surface area contributed by atoms with Gasteiger partial charge in [-0.3, -0.25) is 9.59 Å². The van der Waals surface area contributed by atoms with Crippen molar-refractivity contribution in [1.29, 1.82) is 0 Å². The molecule has 2 fully saturated rings. The second kappa shape index (κ2) is 7.56. The number of carbonyl (C=O) groups excluding carboxylic acids is 2. The van der Waals surface area contributed by atoms with Crippen molar-refractivity contribution >= 4 is 23.4 Å². The summed E-state index contributed by atoms with van der Waals surface area (Å²) in [5, 5.41) is 0.605. The van der Waals surface area contributed by atoms with Crippen molar-refractivity contribution in [3.05, 3.63) is 64.7 Å². The number of benzene rings is 2. The number of halogens is 1. The number of nitrogens with zero attached hydrogens (tertiary/aromatic N) is 2. The number of piperazine rings is 1. The van der Waals surface area contributed by atoms with E-state index in [2.05, 4.69) is 19.1 Å². The lowest BCUT2D eigenvalue weighted by molar-refractivity contribution is -0.163. The molecule has 31 heavy (non-hydrogen) atoms. The Morgan fingerprint density at radius 3 is 2.68 bits per heavy atom. The third-order valence-electron chi connectivity index (χ3n) is 7.19. The first-order chi connectivity index (χ1) is 15.0. The van der Waals surface area contributed by atoms with Crippen LogP contribution < -0.4 is 4.74 Å². The second-order valence-electron chi connectivity index (χ2n) is 8.98. The molecule has 0 unspecified atom stereocenters. The highest BCUT2D eigenvalue weighted by atomic mass is 35.5. The molecule has 5 rings (SSSR count). The normalized spacial score (nSPS) is 29.3. The lowest BCUT2D eigenvalue weighted by Gasteiger charge is -2.47. The number of hydrogen-bond acceptors (Lipinski definition) is 3. The average Bonchev–Trinajstić information content (AvgIpc) is 3.06. The van der Waals surface area contributed by atoms with E-state index >= 15 is 0 Å². The van der Waals surface area contributed by atoms with E-state index in [1.165, 1.54) is 0 Å². The van der Waals surface area contributed by atoms with E-state index in [9.17, 15) is 9.59 Å². The van der Waals surface area contributed by atoms with Crippen LogP contribution in [0.5, 0.6) is 5.75 Å². The quantitative estimate of drug-likeness (QED) is 0.710. The number of ether oxygens (including phenoxy) is 1. The standard InChI is InChI=1S/C25H27ClN2O3/c1-3-4-12-27-14-21(29)28-23-18-13-17(26)10-11-20(18)31-15-19(23)22(25(28,2)24(27)30)16-8-6-5-7-9-16/h5-11,13,19,22-23H,3-4,12,14-15H2,1-2H3/t19-,22+,23+,25-/m1/s1. The smallest absolute Gasteiger partial charge is 0.249 e. The van der Waals surface area contributed by atoms with Crippen LogP contribution in [0, 0.1) is 5.92 Å². The van der Waals surface area contributed by atoms with Gasteiger partial charge in [0, 0.05) is 29.0 Å². The molecule has 2 saturated heterocycles. The molecule has 3 heterocycles. The first-order valence-corrected chi connectivity index (χ1v) is 11.4. The molecular weight excluding hydrogens is 412 g/mol. The summed E-state index contributed by atoms with van der Waals surface area (Å²) in [5.74, 6) is 0.589. The van der Waals surface area contributed by atoms with Crippen LogP contribution in [0.1, 0.15) is 49.8 Å². The molecule has 2 aromatic rings. The molecule has 3 aliphatic rings. The zero-order valence-corrected chi connectivity index (χ0v) is 18.6. The third-order valence-corrected chi connectivity index (χ3v) is 7.43. The van der Waals surface area contributed by atoms with Crippen LogP contribution >= 0.6 is 11.6 Å². The van der Waals surface area contributed by atoms with Gasteiger partial charge in [0.25, 0.3) is 0 Å². The SMILES string of the molecule is CCCCN1CC(=O)N2[C@H]3c4cc(Cl)ccc4OC[C@@H]3[C@H](c3ccccc3)[C@]2(C)C1=O. The first kappa shape index (κ1) is 20.4. The minimum atomic E-state index is -0.965. The van der Waals surface area contributed by atoms with Gasteiger partial charge in [-0.15, -0.1) is 0 Å². The third kappa shape index (κ3) is 2.97. The van der Waals surface area contributed by atoms with Gasteiger partial charge in [0.15, 0.2) is 0 Å². The fourth-order valence-electron chi connectivity index (χ4n) is 5.90. The predicted molar refractivity (Wildman–Crippen MR) is 119 cm³/mol. The van der Waals surface area contributed by atoms with Gasteiger partial charge in [-0.1, -0.05) is 55.3 Å². The summed E-state index contributed by atoms with van der Waals surface area (Å²) >= 11 is 6.34. The number of fused-ring (bicyclic) bond motifs is 5. The second-order valence-corrected chi connectivity index (χ2v) is 9.42. The topological polar surface area (TPSA) is 49.9 Å². The van der Waals surface area contributed by atoms with Crippen LogP contribution in [-0.4, -0.2) is 46.8 Å². The van der Waals surface area contributed by atoms with Gasteiger partial charge in [-0.25, -0.2) is 0 Å². The van der Waals surface area contributed by atoms with Gasteiger partial charge in [0.1, 0.15) is 11.3 Å². The van der Waals surface area contributed by atoms with Crippen LogP contribution in [0.4, 0.5) is 0 Å². The zero-order chi connectivity index (χ0) is 21.8. The zero-order valence-electron chi connectivity index (χ0n) is 17.9. The fraction of sp³-hybridized carbons (Fsp3) is 0.440. The van der Waals surface area contributed by atoms with Crippen molar-refractivity contribution in [1.82, 2.24) is 9.80 Å². The Balaban J connectivity index is 1.68. The molecule has 0 radical (unpaired) electrons. The highest BCUT2D eigenvalue weighted by molar-refractivity contribution is 6.30. The van der Waals surface area contributed by atoms with Crippen LogP contribution in [0.2, 0.25) is 5.02 Å². The van der Waals surface area contributed by atoms with Gasteiger partial charge < -0.3 is 14.5 Å².